The number of hydrogen-bond acceptors (Lipinski definition) is 3. The Labute approximate surface area is 89.4 Å². The molecule has 0 radical (unpaired) electrons. The Morgan fingerprint density at radius 1 is 1.67 bits per heavy atom. The fraction of sp³-hybridized carbons (Fsp3) is 0.800. The topological polar surface area (TPSA) is 69.6 Å². The average molecular weight is 214 g/mol. The normalized spacial score (nSPS) is 20.1. The second-order valence-electron chi connectivity index (χ2n) is 3.65. The third-order valence-corrected chi connectivity index (χ3v) is 2.57. The minimum Gasteiger partial charge on any atom is -0.396 e. The van der Waals surface area contributed by atoms with Gasteiger partial charge in [-0.1, -0.05) is 0 Å². The quantitative estimate of drug-likeness (QED) is 0.648. The summed E-state index contributed by atoms with van der Waals surface area (Å²) in [6.45, 7) is 3.15. The SMILES string of the molecule is CCN(CCCO)C(=O)[C@@H]1CCC(=O)N1. The first-order valence-corrected chi connectivity index (χ1v) is 5.38. The Balaban J connectivity index is 2.45. The molecule has 1 fully saturated rings. The third kappa shape index (κ3) is 3.20. The van der Waals surface area contributed by atoms with Crippen LogP contribution in [0.5, 0.6) is 0 Å². The highest BCUT2D eigenvalue weighted by Gasteiger charge is 2.29. The van der Waals surface area contributed by atoms with Crippen molar-refractivity contribution in [2.24, 2.45) is 0 Å². The van der Waals surface area contributed by atoms with Crippen LogP contribution in [0.3, 0.4) is 0 Å². The highest BCUT2D eigenvalue weighted by Crippen LogP contribution is 2.10. The number of carbonyl (C=O) groups is 2. The molecule has 5 nitrogen and oxygen atoms in total. The van der Waals surface area contributed by atoms with Gasteiger partial charge in [0, 0.05) is 26.1 Å². The van der Waals surface area contributed by atoms with E-state index in [9.17, 15) is 9.59 Å². The summed E-state index contributed by atoms with van der Waals surface area (Å²) in [5.74, 6) is -0.0802. The maximum atomic E-state index is 11.9. The van der Waals surface area contributed by atoms with E-state index in [4.69, 9.17) is 5.11 Å². The van der Waals surface area contributed by atoms with Crippen LogP contribution < -0.4 is 5.32 Å². The Hall–Kier alpha value is -1.10. The number of nitrogens with one attached hydrogen (secondary N) is 1. The minimum atomic E-state index is -0.351. The van der Waals surface area contributed by atoms with E-state index in [-0.39, 0.29) is 24.5 Å². The van der Waals surface area contributed by atoms with Crippen molar-refractivity contribution in [3.8, 4) is 0 Å². The molecular weight excluding hydrogens is 196 g/mol. The number of likely N-dealkylation sites (N-methyl/N-ethyl adjacent to an activating group) is 1. The molecule has 0 aliphatic carbocycles. The Bertz CT molecular complexity index is 243. The lowest BCUT2D eigenvalue weighted by atomic mass is 10.2. The van der Waals surface area contributed by atoms with Crippen molar-refractivity contribution >= 4 is 11.8 Å². The molecule has 1 atom stereocenters. The molecule has 1 heterocycles. The summed E-state index contributed by atoms with van der Waals surface area (Å²) < 4.78 is 0. The Morgan fingerprint density at radius 2 is 2.40 bits per heavy atom. The summed E-state index contributed by atoms with van der Waals surface area (Å²) in [7, 11) is 0. The molecule has 2 N–H and O–H groups in total. The number of rotatable bonds is 5. The molecule has 1 rings (SSSR count). The van der Waals surface area contributed by atoms with E-state index in [0.29, 0.717) is 32.4 Å². The molecule has 0 bridgehead atoms. The average Bonchev–Trinajstić information content (AvgIpc) is 2.65. The van der Waals surface area contributed by atoms with Gasteiger partial charge in [0.15, 0.2) is 0 Å². The fourth-order valence-corrected chi connectivity index (χ4v) is 1.71. The van der Waals surface area contributed by atoms with Crippen LogP contribution in [0, 0.1) is 0 Å². The molecule has 15 heavy (non-hydrogen) atoms. The Kier molecular flexibility index (Phi) is 4.55. The molecular formula is C10H18N2O3. The summed E-state index contributed by atoms with van der Waals surface area (Å²) in [6.07, 6.45) is 1.61. The van der Waals surface area contributed by atoms with E-state index in [1.807, 2.05) is 6.92 Å². The molecule has 0 aromatic heterocycles. The maximum Gasteiger partial charge on any atom is 0.245 e. The fourth-order valence-electron chi connectivity index (χ4n) is 1.71. The first-order chi connectivity index (χ1) is 7.19. The van der Waals surface area contributed by atoms with E-state index < -0.39 is 0 Å². The van der Waals surface area contributed by atoms with E-state index in [1.165, 1.54) is 0 Å². The molecule has 1 saturated heterocycles. The van der Waals surface area contributed by atoms with E-state index >= 15 is 0 Å². The van der Waals surface area contributed by atoms with Gasteiger partial charge in [0.25, 0.3) is 0 Å². The van der Waals surface area contributed by atoms with E-state index in [0.717, 1.165) is 0 Å². The summed E-state index contributed by atoms with van der Waals surface area (Å²) >= 11 is 0. The van der Waals surface area contributed by atoms with Crippen molar-refractivity contribution in [2.75, 3.05) is 19.7 Å². The zero-order valence-electron chi connectivity index (χ0n) is 9.03. The van der Waals surface area contributed by atoms with Gasteiger partial charge in [-0.2, -0.15) is 0 Å². The summed E-state index contributed by atoms with van der Waals surface area (Å²) in [5, 5.41) is 11.3. The lowest BCUT2D eigenvalue weighted by Crippen LogP contribution is -2.44. The number of amides is 2. The van der Waals surface area contributed by atoms with Gasteiger partial charge in [0.2, 0.25) is 11.8 Å². The molecule has 5 heteroatoms. The van der Waals surface area contributed by atoms with Crippen LogP contribution in [-0.4, -0.2) is 47.6 Å². The van der Waals surface area contributed by atoms with Gasteiger partial charge in [0.05, 0.1) is 0 Å². The van der Waals surface area contributed by atoms with Crippen LogP contribution >= 0.6 is 0 Å². The van der Waals surface area contributed by atoms with Crippen molar-refractivity contribution < 1.29 is 14.7 Å². The van der Waals surface area contributed by atoms with Gasteiger partial charge >= 0.3 is 0 Å². The number of aliphatic hydroxyl groups is 1. The van der Waals surface area contributed by atoms with Crippen molar-refractivity contribution in [1.82, 2.24) is 10.2 Å². The summed E-state index contributed by atoms with van der Waals surface area (Å²) in [5.41, 5.74) is 0. The molecule has 86 valence electrons. The van der Waals surface area contributed by atoms with Crippen LogP contribution in [0.15, 0.2) is 0 Å². The zero-order chi connectivity index (χ0) is 11.3. The van der Waals surface area contributed by atoms with Gasteiger partial charge in [-0.05, 0) is 19.8 Å². The number of nitrogens with zero attached hydrogens (tertiary/aromatic N) is 1. The van der Waals surface area contributed by atoms with Crippen LogP contribution in [0.2, 0.25) is 0 Å². The molecule has 1 aliphatic rings. The monoisotopic (exact) mass is 214 g/mol. The molecule has 0 saturated carbocycles. The maximum absolute atomic E-state index is 11.9. The van der Waals surface area contributed by atoms with E-state index in [2.05, 4.69) is 5.32 Å². The van der Waals surface area contributed by atoms with Gasteiger partial charge in [-0.25, -0.2) is 0 Å². The molecule has 2 amide bonds. The highest BCUT2D eigenvalue weighted by molar-refractivity contribution is 5.90. The zero-order valence-corrected chi connectivity index (χ0v) is 9.03. The van der Waals surface area contributed by atoms with Crippen molar-refractivity contribution in [2.45, 2.75) is 32.2 Å². The van der Waals surface area contributed by atoms with Gasteiger partial charge < -0.3 is 15.3 Å². The van der Waals surface area contributed by atoms with Crippen LogP contribution in [0.4, 0.5) is 0 Å². The molecule has 0 unspecified atom stereocenters. The standard InChI is InChI=1S/C10H18N2O3/c1-2-12(6-3-7-13)10(15)8-4-5-9(14)11-8/h8,13H,2-7H2,1H3,(H,11,14)/t8-/m0/s1. The minimum absolute atomic E-state index is 0.0307. The number of carbonyl (C=O) groups excluding carboxylic acids is 2. The highest BCUT2D eigenvalue weighted by atomic mass is 16.3. The second-order valence-corrected chi connectivity index (χ2v) is 3.65. The van der Waals surface area contributed by atoms with Crippen LogP contribution in [0.25, 0.3) is 0 Å². The Morgan fingerprint density at radius 3 is 2.87 bits per heavy atom. The first kappa shape index (κ1) is 12.0. The molecule has 1 aliphatic heterocycles. The molecule has 0 aromatic rings. The molecule has 0 aromatic carbocycles. The van der Waals surface area contributed by atoms with Gasteiger partial charge in [-0.15, -0.1) is 0 Å². The number of hydrogen-bond donors (Lipinski definition) is 2. The van der Waals surface area contributed by atoms with Gasteiger partial charge in [-0.3, -0.25) is 9.59 Å². The third-order valence-electron chi connectivity index (χ3n) is 2.57. The predicted octanol–water partition coefficient (Wildman–Crippen LogP) is -0.504. The lowest BCUT2D eigenvalue weighted by Gasteiger charge is -2.23. The first-order valence-electron chi connectivity index (χ1n) is 5.38. The molecule has 0 spiro atoms. The second kappa shape index (κ2) is 5.70. The van der Waals surface area contributed by atoms with E-state index in [1.54, 1.807) is 4.90 Å². The van der Waals surface area contributed by atoms with Crippen molar-refractivity contribution in [1.29, 1.82) is 0 Å². The van der Waals surface area contributed by atoms with Gasteiger partial charge in [0.1, 0.15) is 6.04 Å². The van der Waals surface area contributed by atoms with Crippen LogP contribution in [-0.2, 0) is 9.59 Å². The summed E-state index contributed by atoms with van der Waals surface area (Å²) in [4.78, 5) is 24.5. The lowest BCUT2D eigenvalue weighted by molar-refractivity contribution is -0.134. The van der Waals surface area contributed by atoms with Crippen LogP contribution in [0.1, 0.15) is 26.2 Å². The summed E-state index contributed by atoms with van der Waals surface area (Å²) in [6, 6.07) is -0.351. The van der Waals surface area contributed by atoms with Crippen molar-refractivity contribution in [3.05, 3.63) is 0 Å². The smallest absolute Gasteiger partial charge is 0.245 e. The largest absolute Gasteiger partial charge is 0.396 e. The number of aliphatic hydroxyl groups excluding tert-OH is 1. The van der Waals surface area contributed by atoms with Crippen molar-refractivity contribution in [3.63, 3.8) is 0 Å². The predicted molar refractivity (Wildman–Crippen MR) is 55.1 cm³/mol.